The van der Waals surface area contributed by atoms with Crippen LogP contribution in [0.3, 0.4) is 0 Å². The van der Waals surface area contributed by atoms with Crippen LogP contribution >= 0.6 is 23.2 Å². The molecule has 0 unspecified atom stereocenters. The van der Waals surface area contributed by atoms with E-state index in [1.807, 2.05) is 13.8 Å². The van der Waals surface area contributed by atoms with Crippen LogP contribution in [0.5, 0.6) is 0 Å². The van der Waals surface area contributed by atoms with Crippen LogP contribution in [0, 0.1) is 0 Å². The SMILES string of the molecule is COCCN(C(=O)c1cc(Cl)ncc1Cl)C(C)C. The number of carbonyl (C=O) groups is 1. The first-order chi connectivity index (χ1) is 8.47. The number of ether oxygens (including phenoxy) is 1. The second-order valence-corrected chi connectivity index (χ2v) is 4.87. The smallest absolute Gasteiger partial charge is 0.255 e. The van der Waals surface area contributed by atoms with Crippen LogP contribution in [-0.4, -0.2) is 42.1 Å². The van der Waals surface area contributed by atoms with Crippen molar-refractivity contribution in [2.75, 3.05) is 20.3 Å². The molecule has 0 saturated carbocycles. The van der Waals surface area contributed by atoms with Gasteiger partial charge in [-0.25, -0.2) is 4.98 Å². The van der Waals surface area contributed by atoms with Crippen molar-refractivity contribution in [3.8, 4) is 0 Å². The average Bonchev–Trinajstić information content (AvgIpc) is 2.32. The van der Waals surface area contributed by atoms with Crippen molar-refractivity contribution in [2.24, 2.45) is 0 Å². The maximum absolute atomic E-state index is 12.4. The minimum atomic E-state index is -0.170. The number of halogens is 2. The van der Waals surface area contributed by atoms with Crippen molar-refractivity contribution in [3.63, 3.8) is 0 Å². The van der Waals surface area contributed by atoms with Crippen molar-refractivity contribution < 1.29 is 9.53 Å². The normalized spacial score (nSPS) is 10.8. The molecule has 0 aliphatic heterocycles. The Morgan fingerprint density at radius 2 is 2.17 bits per heavy atom. The van der Waals surface area contributed by atoms with E-state index in [0.29, 0.717) is 23.7 Å². The lowest BCUT2D eigenvalue weighted by atomic mass is 10.2. The zero-order chi connectivity index (χ0) is 13.7. The van der Waals surface area contributed by atoms with E-state index in [9.17, 15) is 4.79 Å². The Hall–Kier alpha value is -0.840. The fourth-order valence-corrected chi connectivity index (χ4v) is 1.86. The number of pyridine rings is 1. The van der Waals surface area contributed by atoms with Crippen LogP contribution in [-0.2, 0) is 4.74 Å². The predicted octanol–water partition coefficient (Wildman–Crippen LogP) is 2.89. The summed E-state index contributed by atoms with van der Waals surface area (Å²) in [5.41, 5.74) is 0.362. The summed E-state index contributed by atoms with van der Waals surface area (Å²) in [6.45, 7) is 4.85. The van der Waals surface area contributed by atoms with Gasteiger partial charge in [-0.1, -0.05) is 23.2 Å². The van der Waals surface area contributed by atoms with E-state index in [2.05, 4.69) is 4.98 Å². The highest BCUT2D eigenvalue weighted by molar-refractivity contribution is 6.35. The third-order valence-corrected chi connectivity index (χ3v) is 2.98. The van der Waals surface area contributed by atoms with Crippen LogP contribution < -0.4 is 0 Å². The molecule has 0 aromatic carbocycles. The highest BCUT2D eigenvalue weighted by Crippen LogP contribution is 2.20. The van der Waals surface area contributed by atoms with Crippen LogP contribution in [0.1, 0.15) is 24.2 Å². The van der Waals surface area contributed by atoms with Crippen LogP contribution in [0.2, 0.25) is 10.2 Å². The average molecular weight is 291 g/mol. The Morgan fingerprint density at radius 1 is 1.50 bits per heavy atom. The maximum atomic E-state index is 12.4. The lowest BCUT2D eigenvalue weighted by Gasteiger charge is -2.26. The third-order valence-electron chi connectivity index (χ3n) is 2.47. The van der Waals surface area contributed by atoms with Crippen molar-refractivity contribution in [2.45, 2.75) is 19.9 Å². The first-order valence-electron chi connectivity index (χ1n) is 5.58. The summed E-state index contributed by atoms with van der Waals surface area (Å²) in [6.07, 6.45) is 1.38. The molecule has 0 aliphatic rings. The van der Waals surface area contributed by atoms with Gasteiger partial charge in [-0.05, 0) is 19.9 Å². The molecular weight excluding hydrogens is 275 g/mol. The third kappa shape index (κ3) is 3.83. The van der Waals surface area contributed by atoms with Crippen molar-refractivity contribution in [3.05, 3.63) is 28.0 Å². The summed E-state index contributed by atoms with van der Waals surface area (Å²) in [7, 11) is 1.60. The zero-order valence-corrected chi connectivity index (χ0v) is 12.1. The molecule has 1 heterocycles. The van der Waals surface area contributed by atoms with E-state index in [4.69, 9.17) is 27.9 Å². The van der Waals surface area contributed by atoms with Gasteiger partial charge in [-0.15, -0.1) is 0 Å². The second-order valence-electron chi connectivity index (χ2n) is 4.07. The summed E-state index contributed by atoms with van der Waals surface area (Å²) >= 11 is 11.8. The van der Waals surface area contributed by atoms with E-state index in [0.717, 1.165) is 0 Å². The number of carbonyl (C=O) groups excluding carboxylic acids is 1. The van der Waals surface area contributed by atoms with Crippen LogP contribution in [0.25, 0.3) is 0 Å². The number of hydrogen-bond acceptors (Lipinski definition) is 3. The summed E-state index contributed by atoms with van der Waals surface area (Å²) in [4.78, 5) is 17.9. The number of hydrogen-bond donors (Lipinski definition) is 0. The van der Waals surface area contributed by atoms with Crippen molar-refractivity contribution in [1.82, 2.24) is 9.88 Å². The van der Waals surface area contributed by atoms with Gasteiger partial charge in [0.15, 0.2) is 0 Å². The predicted molar refractivity (Wildman–Crippen MR) is 72.3 cm³/mol. The molecule has 0 bridgehead atoms. The quantitative estimate of drug-likeness (QED) is 0.783. The number of nitrogens with zero attached hydrogens (tertiary/aromatic N) is 2. The van der Waals surface area contributed by atoms with E-state index in [1.54, 1.807) is 12.0 Å². The largest absolute Gasteiger partial charge is 0.383 e. The van der Waals surface area contributed by atoms with Crippen molar-refractivity contribution in [1.29, 1.82) is 0 Å². The van der Waals surface area contributed by atoms with E-state index < -0.39 is 0 Å². The Labute approximate surface area is 117 Å². The maximum Gasteiger partial charge on any atom is 0.255 e. The lowest BCUT2D eigenvalue weighted by Crippen LogP contribution is -2.39. The first kappa shape index (κ1) is 15.2. The molecule has 6 heteroatoms. The Kier molecular flexibility index (Phi) is 5.85. The molecule has 100 valence electrons. The number of amides is 1. The van der Waals surface area contributed by atoms with E-state index >= 15 is 0 Å². The monoisotopic (exact) mass is 290 g/mol. The van der Waals surface area contributed by atoms with Gasteiger partial charge in [0.1, 0.15) is 5.15 Å². The summed E-state index contributed by atoms with van der Waals surface area (Å²) < 4.78 is 5.00. The number of rotatable bonds is 5. The summed E-state index contributed by atoms with van der Waals surface area (Å²) in [5.74, 6) is -0.170. The molecule has 0 aliphatic carbocycles. The first-order valence-corrected chi connectivity index (χ1v) is 6.34. The number of methoxy groups -OCH3 is 1. The van der Waals surface area contributed by atoms with Crippen molar-refractivity contribution >= 4 is 29.1 Å². The van der Waals surface area contributed by atoms with Gasteiger partial charge in [-0.2, -0.15) is 0 Å². The molecule has 0 atom stereocenters. The highest BCUT2D eigenvalue weighted by atomic mass is 35.5. The van der Waals surface area contributed by atoms with Gasteiger partial charge in [0.2, 0.25) is 0 Å². The molecule has 1 aromatic rings. The highest BCUT2D eigenvalue weighted by Gasteiger charge is 2.21. The fraction of sp³-hybridized carbons (Fsp3) is 0.500. The van der Waals surface area contributed by atoms with E-state index in [-0.39, 0.29) is 17.1 Å². The molecule has 0 radical (unpaired) electrons. The molecule has 0 N–H and O–H groups in total. The van der Waals surface area contributed by atoms with Gasteiger partial charge < -0.3 is 9.64 Å². The van der Waals surface area contributed by atoms with E-state index in [1.165, 1.54) is 12.3 Å². The minimum Gasteiger partial charge on any atom is -0.383 e. The van der Waals surface area contributed by atoms with Gasteiger partial charge in [0.25, 0.3) is 5.91 Å². The van der Waals surface area contributed by atoms with Gasteiger partial charge >= 0.3 is 0 Å². The minimum absolute atomic E-state index is 0.0515. The summed E-state index contributed by atoms with van der Waals surface area (Å²) in [5, 5.41) is 0.547. The van der Waals surface area contributed by atoms with Crippen LogP contribution in [0.4, 0.5) is 0 Å². The molecule has 1 amide bonds. The molecule has 18 heavy (non-hydrogen) atoms. The Bertz CT molecular complexity index is 425. The molecule has 0 spiro atoms. The Balaban J connectivity index is 2.98. The number of aromatic nitrogens is 1. The van der Waals surface area contributed by atoms with Gasteiger partial charge in [0, 0.05) is 25.9 Å². The van der Waals surface area contributed by atoms with Crippen LogP contribution in [0.15, 0.2) is 12.3 Å². The molecule has 0 fully saturated rings. The molecule has 0 saturated heterocycles. The Morgan fingerprint density at radius 3 is 2.72 bits per heavy atom. The standard InChI is InChI=1S/C12H16Cl2N2O2/c1-8(2)16(4-5-18-3)12(17)9-6-11(14)15-7-10(9)13/h6-8H,4-5H2,1-3H3. The molecular formula is C12H16Cl2N2O2. The second kappa shape index (κ2) is 6.92. The topological polar surface area (TPSA) is 42.4 Å². The lowest BCUT2D eigenvalue weighted by molar-refractivity contribution is 0.0635. The van der Waals surface area contributed by atoms with Gasteiger partial charge in [0.05, 0.1) is 17.2 Å². The van der Waals surface area contributed by atoms with Gasteiger partial charge in [-0.3, -0.25) is 4.79 Å². The molecule has 1 aromatic heterocycles. The zero-order valence-electron chi connectivity index (χ0n) is 10.6. The molecule has 4 nitrogen and oxygen atoms in total. The fourth-order valence-electron chi connectivity index (χ4n) is 1.52. The molecule has 1 rings (SSSR count). The summed E-state index contributed by atoms with van der Waals surface area (Å²) in [6, 6.07) is 1.53.